The van der Waals surface area contributed by atoms with Crippen LogP contribution in [0, 0.1) is 0 Å². The highest BCUT2D eigenvalue weighted by Crippen LogP contribution is 2.20. The second-order valence-corrected chi connectivity index (χ2v) is 7.32. The topological polar surface area (TPSA) is 58.2 Å². The Kier molecular flexibility index (Phi) is 5.09. The number of piperidine rings is 1. The molecule has 106 valence electrons. The van der Waals surface area contributed by atoms with E-state index in [0.717, 1.165) is 19.4 Å². The summed E-state index contributed by atoms with van der Waals surface area (Å²) in [6.45, 7) is 1.62. The lowest BCUT2D eigenvalue weighted by Crippen LogP contribution is -2.45. The van der Waals surface area contributed by atoms with Crippen LogP contribution in [0.15, 0.2) is 18.2 Å². The van der Waals surface area contributed by atoms with Crippen molar-refractivity contribution in [2.45, 2.75) is 24.6 Å². The summed E-state index contributed by atoms with van der Waals surface area (Å²) in [5.74, 6) is -0.107. The molecule has 1 aliphatic rings. The van der Waals surface area contributed by atoms with E-state index >= 15 is 0 Å². The number of halogens is 2. The SMILES string of the molecule is O=S(=O)(Cc1cc(Cl)cc(Cl)c1)NC1CCCNC1. The monoisotopic (exact) mass is 322 g/mol. The van der Waals surface area contributed by atoms with E-state index in [1.807, 2.05) is 0 Å². The first-order valence-electron chi connectivity index (χ1n) is 6.10. The molecule has 19 heavy (non-hydrogen) atoms. The Morgan fingerprint density at radius 1 is 1.26 bits per heavy atom. The maximum Gasteiger partial charge on any atom is 0.216 e. The molecule has 0 aliphatic carbocycles. The van der Waals surface area contributed by atoms with Crippen LogP contribution in [0.1, 0.15) is 18.4 Å². The fourth-order valence-corrected chi connectivity index (χ4v) is 4.13. The molecule has 7 heteroatoms. The van der Waals surface area contributed by atoms with Crippen LogP contribution < -0.4 is 10.0 Å². The zero-order valence-electron chi connectivity index (χ0n) is 10.3. The number of sulfonamides is 1. The first-order chi connectivity index (χ1) is 8.94. The van der Waals surface area contributed by atoms with Crippen LogP contribution in [-0.4, -0.2) is 27.5 Å². The van der Waals surface area contributed by atoms with Crippen LogP contribution in [0.3, 0.4) is 0 Å². The molecule has 4 nitrogen and oxygen atoms in total. The molecule has 1 saturated heterocycles. The van der Waals surface area contributed by atoms with Crippen molar-refractivity contribution < 1.29 is 8.42 Å². The molecule has 1 aromatic rings. The fraction of sp³-hybridized carbons (Fsp3) is 0.500. The van der Waals surface area contributed by atoms with E-state index in [1.54, 1.807) is 18.2 Å². The Labute approximate surface area is 123 Å². The molecule has 1 unspecified atom stereocenters. The standard InChI is InChI=1S/C12H16Cl2N2O2S/c13-10-4-9(5-11(14)6-10)8-19(17,18)16-12-2-1-3-15-7-12/h4-6,12,15-16H,1-3,7-8H2. The van der Waals surface area contributed by atoms with E-state index in [9.17, 15) is 8.42 Å². The van der Waals surface area contributed by atoms with E-state index in [1.165, 1.54) is 0 Å². The second-order valence-electron chi connectivity index (χ2n) is 4.70. The highest BCUT2D eigenvalue weighted by Gasteiger charge is 2.20. The Morgan fingerprint density at radius 2 is 1.95 bits per heavy atom. The third-order valence-electron chi connectivity index (χ3n) is 2.92. The lowest BCUT2D eigenvalue weighted by molar-refractivity contribution is 0.428. The lowest BCUT2D eigenvalue weighted by Gasteiger charge is -2.23. The smallest absolute Gasteiger partial charge is 0.216 e. The Balaban J connectivity index is 2.03. The van der Waals surface area contributed by atoms with Gasteiger partial charge in [0.05, 0.1) is 5.75 Å². The van der Waals surface area contributed by atoms with Gasteiger partial charge in [-0.05, 0) is 43.1 Å². The van der Waals surface area contributed by atoms with Gasteiger partial charge in [-0.3, -0.25) is 0 Å². The average Bonchev–Trinajstić information content (AvgIpc) is 2.27. The lowest BCUT2D eigenvalue weighted by atomic mass is 10.1. The van der Waals surface area contributed by atoms with Crippen molar-refractivity contribution >= 4 is 33.2 Å². The van der Waals surface area contributed by atoms with Crippen molar-refractivity contribution in [2.24, 2.45) is 0 Å². The van der Waals surface area contributed by atoms with Gasteiger partial charge in [0.25, 0.3) is 0 Å². The van der Waals surface area contributed by atoms with Gasteiger partial charge in [-0.25, -0.2) is 13.1 Å². The van der Waals surface area contributed by atoms with Crippen molar-refractivity contribution in [3.8, 4) is 0 Å². The number of benzene rings is 1. The van der Waals surface area contributed by atoms with Crippen molar-refractivity contribution in [2.75, 3.05) is 13.1 Å². The molecule has 2 N–H and O–H groups in total. The summed E-state index contributed by atoms with van der Waals surface area (Å²) in [4.78, 5) is 0. The molecule has 1 heterocycles. The molecule has 0 amide bonds. The molecule has 0 radical (unpaired) electrons. The quantitative estimate of drug-likeness (QED) is 0.893. The van der Waals surface area contributed by atoms with Gasteiger partial charge in [-0.15, -0.1) is 0 Å². The third kappa shape index (κ3) is 4.93. The van der Waals surface area contributed by atoms with Gasteiger partial charge in [-0.2, -0.15) is 0 Å². The van der Waals surface area contributed by atoms with Crippen LogP contribution in [-0.2, 0) is 15.8 Å². The minimum atomic E-state index is -3.38. The zero-order chi connectivity index (χ0) is 13.9. The van der Waals surface area contributed by atoms with Crippen LogP contribution in [0.25, 0.3) is 0 Å². The number of rotatable bonds is 4. The van der Waals surface area contributed by atoms with Gasteiger partial charge in [0, 0.05) is 22.6 Å². The first-order valence-corrected chi connectivity index (χ1v) is 8.51. The average molecular weight is 323 g/mol. The molecule has 1 atom stereocenters. The van der Waals surface area contributed by atoms with Crippen LogP contribution >= 0.6 is 23.2 Å². The van der Waals surface area contributed by atoms with Crippen LogP contribution in [0.4, 0.5) is 0 Å². The minimum Gasteiger partial charge on any atom is -0.315 e. The summed E-state index contributed by atoms with van der Waals surface area (Å²) in [6, 6.07) is 4.78. The van der Waals surface area contributed by atoms with Crippen LogP contribution in [0.2, 0.25) is 10.0 Å². The minimum absolute atomic E-state index is 0.0339. The molecular weight excluding hydrogens is 307 g/mol. The molecule has 0 spiro atoms. The second kappa shape index (κ2) is 6.41. The zero-order valence-corrected chi connectivity index (χ0v) is 12.7. The largest absolute Gasteiger partial charge is 0.315 e. The molecule has 2 rings (SSSR count). The van der Waals surface area contributed by atoms with Gasteiger partial charge < -0.3 is 5.32 Å². The molecule has 1 aliphatic heterocycles. The van der Waals surface area contributed by atoms with Gasteiger partial charge in [-0.1, -0.05) is 23.2 Å². The Bertz CT molecular complexity index is 522. The van der Waals surface area contributed by atoms with E-state index in [0.29, 0.717) is 22.2 Å². The van der Waals surface area contributed by atoms with E-state index in [4.69, 9.17) is 23.2 Å². The van der Waals surface area contributed by atoms with Gasteiger partial charge in [0.1, 0.15) is 0 Å². The molecule has 1 fully saturated rings. The first kappa shape index (κ1) is 15.1. The number of hydrogen-bond donors (Lipinski definition) is 2. The summed E-state index contributed by atoms with van der Waals surface area (Å²) in [7, 11) is -3.38. The maximum atomic E-state index is 12.1. The molecule has 0 saturated carbocycles. The van der Waals surface area contributed by atoms with Crippen molar-refractivity contribution in [1.82, 2.24) is 10.0 Å². The third-order valence-corrected chi connectivity index (χ3v) is 4.76. The van der Waals surface area contributed by atoms with Gasteiger partial charge in [0.15, 0.2) is 0 Å². The molecular formula is C12H16Cl2N2O2S. The molecule has 0 aromatic heterocycles. The molecule has 1 aromatic carbocycles. The Morgan fingerprint density at radius 3 is 2.53 bits per heavy atom. The Hall–Kier alpha value is -0.330. The van der Waals surface area contributed by atoms with Crippen molar-refractivity contribution in [3.05, 3.63) is 33.8 Å². The number of nitrogens with one attached hydrogen (secondary N) is 2. The summed E-state index contributed by atoms with van der Waals surface area (Å²) < 4.78 is 26.8. The summed E-state index contributed by atoms with van der Waals surface area (Å²) in [6.07, 6.45) is 1.85. The van der Waals surface area contributed by atoms with Gasteiger partial charge >= 0.3 is 0 Å². The van der Waals surface area contributed by atoms with E-state index < -0.39 is 10.0 Å². The van der Waals surface area contributed by atoms with Crippen molar-refractivity contribution in [3.63, 3.8) is 0 Å². The van der Waals surface area contributed by atoms with Gasteiger partial charge in [0.2, 0.25) is 10.0 Å². The summed E-state index contributed by atoms with van der Waals surface area (Å²) in [5, 5.41) is 4.05. The predicted octanol–water partition coefficient (Wildman–Crippen LogP) is 2.16. The molecule has 0 bridgehead atoms. The van der Waals surface area contributed by atoms with Crippen LogP contribution in [0.5, 0.6) is 0 Å². The predicted molar refractivity (Wildman–Crippen MR) is 78.1 cm³/mol. The fourth-order valence-electron chi connectivity index (χ4n) is 2.16. The van der Waals surface area contributed by atoms with Crippen molar-refractivity contribution in [1.29, 1.82) is 0 Å². The summed E-state index contributed by atoms with van der Waals surface area (Å²) >= 11 is 11.7. The highest BCUT2D eigenvalue weighted by molar-refractivity contribution is 7.88. The normalized spacial score (nSPS) is 20.4. The maximum absolute atomic E-state index is 12.1. The summed E-state index contributed by atoms with van der Waals surface area (Å²) in [5.41, 5.74) is 0.591. The van der Waals surface area contributed by atoms with E-state index in [2.05, 4.69) is 10.0 Å². The number of hydrogen-bond acceptors (Lipinski definition) is 3. The van der Waals surface area contributed by atoms with E-state index in [-0.39, 0.29) is 11.8 Å². The highest BCUT2D eigenvalue weighted by atomic mass is 35.5.